The summed E-state index contributed by atoms with van der Waals surface area (Å²) in [6, 6.07) is 7.45. The minimum absolute atomic E-state index is 0.0594. The summed E-state index contributed by atoms with van der Waals surface area (Å²) in [4.78, 5) is 42.3. The highest BCUT2D eigenvalue weighted by molar-refractivity contribution is 6.05. The Morgan fingerprint density at radius 1 is 0.979 bits per heavy atom. The number of aliphatic hydroxyl groups is 1. The molecule has 1 aromatic carbocycles. The molecule has 4 fully saturated rings. The van der Waals surface area contributed by atoms with Gasteiger partial charge < -0.3 is 19.3 Å². The molecular weight excluding hydrogens is 606 g/mol. The van der Waals surface area contributed by atoms with Crippen LogP contribution in [0.25, 0.3) is 0 Å². The maximum absolute atomic E-state index is 13.8. The van der Waals surface area contributed by atoms with E-state index in [1.54, 1.807) is 18.2 Å². The maximum atomic E-state index is 13.8. The van der Waals surface area contributed by atoms with Crippen molar-refractivity contribution in [2.45, 2.75) is 111 Å². The molecule has 7 rings (SSSR count). The van der Waals surface area contributed by atoms with Gasteiger partial charge in [0.25, 0.3) is 0 Å². The highest BCUT2D eigenvalue weighted by Gasteiger charge is 2.66. The number of Topliss-reactive ketones (excluding diaryl/α,β-unsaturated/α-hetero) is 1. The van der Waals surface area contributed by atoms with E-state index in [0.29, 0.717) is 23.5 Å². The number of rotatable bonds is 9. The Kier molecular flexibility index (Phi) is 9.12. The Morgan fingerprint density at radius 3 is 2.42 bits per heavy atom. The third kappa shape index (κ3) is 5.55. The maximum Gasteiger partial charge on any atom is 0.338 e. The van der Waals surface area contributed by atoms with Crippen LogP contribution in [-0.2, 0) is 30.3 Å². The number of allylic oxidation sites excluding steroid dienone is 2. The highest BCUT2D eigenvalue weighted by atomic mass is 16.7. The predicted molar refractivity (Wildman–Crippen MR) is 180 cm³/mol. The van der Waals surface area contributed by atoms with Crippen LogP contribution < -0.4 is 0 Å². The van der Waals surface area contributed by atoms with Gasteiger partial charge in [-0.1, -0.05) is 57.7 Å². The van der Waals surface area contributed by atoms with E-state index in [1.165, 1.54) is 6.42 Å². The molecule has 8 atom stereocenters. The van der Waals surface area contributed by atoms with Gasteiger partial charge in [0.1, 0.15) is 0 Å². The standard InChI is InChI=1S/C40H53NO7/c1-5-41(6-2)22-24-12-14-25(15-13-24)37(45)46-23-33(44)30-19-18-29-28-17-16-27-20-31(42)35-36(48-38(47-35)26-10-8-7-9-11-26)40(27,4)34(28)32(43)21-39(29,30)3/h12-15,20,26,28-30,32,34,38,43H,5-11,16-19,21-23H2,1-4H3/t28?,29?,30-,32+,34?,38+,39+,40+/m1/s1. The van der Waals surface area contributed by atoms with Gasteiger partial charge in [-0.25, -0.2) is 4.79 Å². The smallest absolute Gasteiger partial charge is 0.338 e. The number of benzene rings is 1. The van der Waals surface area contributed by atoms with Crippen LogP contribution >= 0.6 is 0 Å². The van der Waals surface area contributed by atoms with Crippen molar-refractivity contribution in [1.29, 1.82) is 0 Å². The molecule has 260 valence electrons. The van der Waals surface area contributed by atoms with Crippen molar-refractivity contribution < 1.29 is 33.7 Å². The average Bonchev–Trinajstić information content (AvgIpc) is 3.70. The van der Waals surface area contributed by atoms with Crippen LogP contribution in [0.3, 0.4) is 0 Å². The van der Waals surface area contributed by atoms with Crippen molar-refractivity contribution >= 4 is 17.5 Å². The molecule has 0 aromatic heterocycles. The number of carbonyl (C=O) groups is 3. The molecule has 8 nitrogen and oxygen atoms in total. The van der Waals surface area contributed by atoms with Crippen molar-refractivity contribution in [3.63, 3.8) is 0 Å². The zero-order valence-electron chi connectivity index (χ0n) is 29.2. The molecule has 3 unspecified atom stereocenters. The summed E-state index contributed by atoms with van der Waals surface area (Å²) in [6.07, 6.45) is 10.0. The monoisotopic (exact) mass is 659 g/mol. The summed E-state index contributed by atoms with van der Waals surface area (Å²) in [7, 11) is 0. The third-order valence-electron chi connectivity index (χ3n) is 13.5. The van der Waals surface area contributed by atoms with E-state index in [-0.39, 0.29) is 47.8 Å². The number of hydrogen-bond donors (Lipinski definition) is 1. The minimum Gasteiger partial charge on any atom is -0.454 e. The predicted octanol–water partition coefficient (Wildman–Crippen LogP) is 6.76. The molecule has 0 radical (unpaired) electrons. The Balaban J connectivity index is 1.04. The molecule has 1 N–H and O–H groups in total. The SMILES string of the molecule is CCN(CC)Cc1ccc(C(=O)OCC(=O)[C@H]2CCC3C4CCC5=CC(=O)C6=C(O[C@@H](C7CCCCC7)O6)[C@]5(C)C4[C@@H](O)C[C@@]32C)cc1. The molecule has 1 aromatic rings. The van der Waals surface area contributed by atoms with E-state index in [4.69, 9.17) is 14.2 Å². The fourth-order valence-corrected chi connectivity index (χ4v) is 10.9. The first-order chi connectivity index (χ1) is 23.1. The molecule has 48 heavy (non-hydrogen) atoms. The first kappa shape index (κ1) is 33.5. The van der Waals surface area contributed by atoms with Crippen LogP contribution in [-0.4, -0.2) is 59.6 Å². The van der Waals surface area contributed by atoms with Crippen molar-refractivity contribution in [2.24, 2.45) is 40.4 Å². The van der Waals surface area contributed by atoms with Crippen molar-refractivity contribution in [2.75, 3.05) is 19.7 Å². The van der Waals surface area contributed by atoms with E-state index < -0.39 is 29.2 Å². The topological polar surface area (TPSA) is 102 Å². The van der Waals surface area contributed by atoms with Gasteiger partial charge in [0.15, 0.2) is 18.1 Å². The van der Waals surface area contributed by atoms with E-state index in [1.807, 2.05) is 12.1 Å². The van der Waals surface area contributed by atoms with Crippen LogP contribution in [0.5, 0.6) is 0 Å². The van der Waals surface area contributed by atoms with E-state index in [9.17, 15) is 19.5 Å². The second kappa shape index (κ2) is 13.1. The number of ketones is 2. The molecule has 8 heteroatoms. The van der Waals surface area contributed by atoms with E-state index in [0.717, 1.165) is 82.1 Å². The first-order valence-corrected chi connectivity index (χ1v) is 18.6. The van der Waals surface area contributed by atoms with Gasteiger partial charge in [0, 0.05) is 24.3 Å². The molecular formula is C40H53NO7. The lowest BCUT2D eigenvalue weighted by molar-refractivity contribution is -0.149. The normalized spacial score (nSPS) is 36.0. The largest absolute Gasteiger partial charge is 0.454 e. The van der Waals surface area contributed by atoms with Gasteiger partial charge in [0.05, 0.1) is 17.1 Å². The Morgan fingerprint density at radius 2 is 1.71 bits per heavy atom. The summed E-state index contributed by atoms with van der Waals surface area (Å²) in [5.41, 5.74) is 1.61. The molecule has 5 aliphatic carbocycles. The van der Waals surface area contributed by atoms with Gasteiger partial charge in [-0.3, -0.25) is 14.5 Å². The van der Waals surface area contributed by atoms with Crippen LogP contribution in [0.15, 0.2) is 47.4 Å². The van der Waals surface area contributed by atoms with Crippen LogP contribution in [0.2, 0.25) is 0 Å². The van der Waals surface area contributed by atoms with Gasteiger partial charge in [-0.15, -0.1) is 0 Å². The van der Waals surface area contributed by atoms with E-state index >= 15 is 0 Å². The highest BCUT2D eigenvalue weighted by Crippen LogP contribution is 2.68. The number of carbonyl (C=O) groups excluding carboxylic acids is 3. The van der Waals surface area contributed by atoms with E-state index in [2.05, 4.69) is 32.6 Å². The average molecular weight is 660 g/mol. The van der Waals surface area contributed by atoms with Crippen LogP contribution in [0.4, 0.5) is 0 Å². The minimum atomic E-state index is -0.671. The molecule has 1 heterocycles. The molecule has 0 spiro atoms. The Labute approximate surface area is 285 Å². The number of fused-ring (bicyclic) bond motifs is 6. The summed E-state index contributed by atoms with van der Waals surface area (Å²) >= 11 is 0. The lowest BCUT2D eigenvalue weighted by Gasteiger charge is -2.59. The first-order valence-electron chi connectivity index (χ1n) is 18.6. The van der Waals surface area contributed by atoms with Gasteiger partial charge in [-0.05, 0) is 106 Å². The number of ether oxygens (including phenoxy) is 3. The molecule has 0 saturated heterocycles. The molecule has 4 saturated carbocycles. The fraction of sp³-hybridized carbons (Fsp3) is 0.675. The summed E-state index contributed by atoms with van der Waals surface area (Å²) in [5.74, 6) is 0.611. The molecule has 0 bridgehead atoms. The zero-order valence-corrected chi connectivity index (χ0v) is 29.2. The molecule has 0 amide bonds. The zero-order chi connectivity index (χ0) is 33.8. The number of esters is 1. The lowest BCUT2D eigenvalue weighted by atomic mass is 9.46. The number of aliphatic hydroxyl groups excluding tert-OH is 1. The third-order valence-corrected chi connectivity index (χ3v) is 13.5. The summed E-state index contributed by atoms with van der Waals surface area (Å²) < 4.78 is 18.5. The van der Waals surface area contributed by atoms with Crippen LogP contribution in [0.1, 0.15) is 108 Å². The summed E-state index contributed by atoms with van der Waals surface area (Å²) in [5, 5.41) is 12.1. The second-order valence-electron chi connectivity index (χ2n) is 15.8. The molecule has 6 aliphatic rings. The van der Waals surface area contributed by atoms with Gasteiger partial charge in [0.2, 0.25) is 17.8 Å². The number of nitrogens with zero attached hydrogens (tertiary/aromatic N) is 1. The van der Waals surface area contributed by atoms with Crippen LogP contribution in [0, 0.1) is 40.4 Å². The van der Waals surface area contributed by atoms with Crippen molar-refractivity contribution in [3.8, 4) is 0 Å². The van der Waals surface area contributed by atoms with Gasteiger partial charge >= 0.3 is 5.97 Å². The number of hydrogen-bond acceptors (Lipinski definition) is 8. The molecule has 1 aliphatic heterocycles. The Hall–Kier alpha value is -2.97. The van der Waals surface area contributed by atoms with Crippen molar-refractivity contribution in [1.82, 2.24) is 4.90 Å². The van der Waals surface area contributed by atoms with Crippen molar-refractivity contribution in [3.05, 3.63) is 58.6 Å². The second-order valence-corrected chi connectivity index (χ2v) is 15.8. The summed E-state index contributed by atoms with van der Waals surface area (Å²) in [6.45, 7) is 11.1. The quantitative estimate of drug-likeness (QED) is 0.290. The lowest BCUT2D eigenvalue weighted by Crippen LogP contribution is -2.57. The Bertz CT molecular complexity index is 1490. The fourth-order valence-electron chi connectivity index (χ4n) is 10.9. The van der Waals surface area contributed by atoms with Gasteiger partial charge in [-0.2, -0.15) is 0 Å².